The van der Waals surface area contributed by atoms with Gasteiger partial charge in [-0.05, 0) is 36.8 Å². The molecule has 0 spiro atoms. The van der Waals surface area contributed by atoms with Crippen molar-refractivity contribution in [3.63, 3.8) is 0 Å². The van der Waals surface area contributed by atoms with Gasteiger partial charge < -0.3 is 14.0 Å². The van der Waals surface area contributed by atoms with Crippen LogP contribution >= 0.6 is 0 Å². The van der Waals surface area contributed by atoms with Crippen molar-refractivity contribution in [1.82, 2.24) is 30.1 Å². The Labute approximate surface area is 166 Å². The molecule has 0 fully saturated rings. The molecule has 0 saturated carbocycles. The molecule has 1 aromatic carbocycles. The third-order valence-corrected chi connectivity index (χ3v) is 4.68. The highest BCUT2D eigenvalue weighted by atomic mass is 16.5. The average Bonchev–Trinajstić information content (AvgIpc) is 3.42. The molecule has 4 heterocycles. The molecule has 0 aliphatic carbocycles. The summed E-state index contributed by atoms with van der Waals surface area (Å²) in [4.78, 5) is 8.64. The quantitative estimate of drug-likeness (QED) is 0.512. The van der Waals surface area contributed by atoms with Crippen molar-refractivity contribution in [3.05, 3.63) is 59.9 Å². The maximum atomic E-state index is 6.06. The van der Waals surface area contributed by atoms with Crippen LogP contribution in [0.1, 0.15) is 24.3 Å². The lowest BCUT2D eigenvalue weighted by Gasteiger charge is -2.24. The van der Waals surface area contributed by atoms with Gasteiger partial charge in [-0.15, -0.1) is 5.10 Å². The Morgan fingerprint density at radius 3 is 2.86 bits per heavy atom. The summed E-state index contributed by atoms with van der Waals surface area (Å²) in [6.45, 7) is 3.51. The van der Waals surface area contributed by atoms with E-state index in [1.54, 1.807) is 6.20 Å². The minimum absolute atomic E-state index is 0.112. The Kier molecular flexibility index (Phi) is 4.49. The van der Waals surface area contributed by atoms with E-state index in [2.05, 4.69) is 25.4 Å². The van der Waals surface area contributed by atoms with Crippen molar-refractivity contribution in [3.8, 4) is 28.9 Å². The summed E-state index contributed by atoms with van der Waals surface area (Å²) in [6.07, 6.45) is 1.57. The molecule has 1 unspecified atom stereocenters. The van der Waals surface area contributed by atoms with Gasteiger partial charge in [-0.1, -0.05) is 28.6 Å². The second kappa shape index (κ2) is 7.44. The highest BCUT2D eigenvalue weighted by molar-refractivity contribution is 5.55. The van der Waals surface area contributed by atoms with Gasteiger partial charge >= 0.3 is 0 Å². The topological polar surface area (TPSA) is 101 Å². The molecular weight excluding hydrogens is 372 g/mol. The lowest BCUT2D eigenvalue weighted by Crippen LogP contribution is -2.22. The summed E-state index contributed by atoms with van der Waals surface area (Å²) in [6, 6.07) is 13.4. The molecule has 5 rings (SSSR count). The van der Waals surface area contributed by atoms with Crippen LogP contribution in [0.15, 0.2) is 53.2 Å². The number of hydrogen-bond donors (Lipinski definition) is 0. The molecule has 0 saturated heterocycles. The Bertz CT molecular complexity index is 1110. The van der Waals surface area contributed by atoms with Crippen LogP contribution in [0.5, 0.6) is 5.75 Å². The minimum Gasteiger partial charge on any atom is -0.494 e. The number of benzene rings is 1. The standard InChI is InChI=1S/C20H18N6O3/c1-2-27-14-8-6-13(7-9-14)17-11-26-16(12-28-17)18(23-25-26)20-22-19(24-29-20)15-5-3-4-10-21-15/h3-10,17H,2,11-12H2,1H3. The molecule has 1 aliphatic heterocycles. The van der Waals surface area contributed by atoms with Gasteiger partial charge in [-0.25, -0.2) is 4.68 Å². The Hall–Kier alpha value is -3.59. The SMILES string of the molecule is CCOc1ccc(C2Cn3nnc(-c4nc(-c5ccccn5)no4)c3CO2)cc1. The van der Waals surface area contributed by atoms with Crippen molar-refractivity contribution in [1.29, 1.82) is 0 Å². The van der Waals surface area contributed by atoms with Crippen molar-refractivity contribution >= 4 is 0 Å². The maximum Gasteiger partial charge on any atom is 0.280 e. The molecule has 29 heavy (non-hydrogen) atoms. The Balaban J connectivity index is 1.36. The second-order valence-electron chi connectivity index (χ2n) is 6.51. The van der Waals surface area contributed by atoms with E-state index in [1.165, 1.54) is 0 Å². The number of hydrogen-bond acceptors (Lipinski definition) is 8. The number of pyridine rings is 1. The van der Waals surface area contributed by atoms with E-state index < -0.39 is 0 Å². The van der Waals surface area contributed by atoms with Gasteiger partial charge in [0, 0.05) is 6.20 Å². The molecule has 4 aromatic rings. The number of ether oxygens (including phenoxy) is 2. The predicted octanol–water partition coefficient (Wildman–Crippen LogP) is 3.06. The number of aromatic nitrogens is 6. The van der Waals surface area contributed by atoms with Gasteiger partial charge in [0.2, 0.25) is 5.82 Å². The highest BCUT2D eigenvalue weighted by Crippen LogP contribution is 2.31. The van der Waals surface area contributed by atoms with Crippen molar-refractivity contribution in [2.24, 2.45) is 0 Å². The third-order valence-electron chi connectivity index (χ3n) is 4.68. The van der Waals surface area contributed by atoms with Crippen LogP contribution in [0, 0.1) is 0 Å². The lowest BCUT2D eigenvalue weighted by molar-refractivity contribution is -0.00119. The Morgan fingerprint density at radius 1 is 1.17 bits per heavy atom. The van der Waals surface area contributed by atoms with Crippen LogP contribution in [0.4, 0.5) is 0 Å². The van der Waals surface area contributed by atoms with E-state index in [9.17, 15) is 0 Å². The lowest BCUT2D eigenvalue weighted by atomic mass is 10.1. The minimum atomic E-state index is -0.112. The number of nitrogens with zero attached hydrogens (tertiary/aromatic N) is 6. The van der Waals surface area contributed by atoms with E-state index in [-0.39, 0.29) is 6.10 Å². The van der Waals surface area contributed by atoms with Crippen LogP contribution in [-0.2, 0) is 17.9 Å². The molecule has 0 N–H and O–H groups in total. The normalized spacial score (nSPS) is 15.8. The van der Waals surface area contributed by atoms with Crippen molar-refractivity contribution in [2.45, 2.75) is 26.2 Å². The maximum absolute atomic E-state index is 6.06. The van der Waals surface area contributed by atoms with Crippen LogP contribution < -0.4 is 4.74 Å². The number of rotatable bonds is 5. The number of fused-ring (bicyclic) bond motifs is 1. The third kappa shape index (κ3) is 3.36. The van der Waals surface area contributed by atoms with Gasteiger partial charge in [0.1, 0.15) is 17.5 Å². The monoisotopic (exact) mass is 390 g/mol. The van der Waals surface area contributed by atoms with Gasteiger partial charge in [-0.3, -0.25) is 4.98 Å². The molecule has 9 nitrogen and oxygen atoms in total. The average molecular weight is 390 g/mol. The first kappa shape index (κ1) is 17.5. The smallest absolute Gasteiger partial charge is 0.280 e. The first-order chi connectivity index (χ1) is 14.3. The van der Waals surface area contributed by atoms with Gasteiger partial charge in [0.05, 0.1) is 25.5 Å². The Morgan fingerprint density at radius 2 is 2.07 bits per heavy atom. The molecular formula is C20H18N6O3. The van der Waals surface area contributed by atoms with Gasteiger partial charge in [-0.2, -0.15) is 4.98 Å². The van der Waals surface area contributed by atoms with Crippen LogP contribution in [0.2, 0.25) is 0 Å². The second-order valence-corrected chi connectivity index (χ2v) is 6.51. The molecule has 3 aromatic heterocycles. The zero-order chi connectivity index (χ0) is 19.6. The molecule has 1 aliphatic rings. The summed E-state index contributed by atoms with van der Waals surface area (Å²) >= 11 is 0. The van der Waals surface area contributed by atoms with Crippen molar-refractivity contribution < 1.29 is 14.0 Å². The zero-order valence-corrected chi connectivity index (χ0v) is 15.7. The fourth-order valence-corrected chi connectivity index (χ4v) is 3.24. The summed E-state index contributed by atoms with van der Waals surface area (Å²) < 4.78 is 18.8. The van der Waals surface area contributed by atoms with Crippen molar-refractivity contribution in [2.75, 3.05) is 6.61 Å². The van der Waals surface area contributed by atoms with E-state index in [0.29, 0.717) is 42.9 Å². The zero-order valence-electron chi connectivity index (χ0n) is 15.7. The molecule has 0 amide bonds. The summed E-state index contributed by atoms with van der Waals surface area (Å²) in [5, 5.41) is 12.5. The first-order valence-electron chi connectivity index (χ1n) is 9.34. The molecule has 146 valence electrons. The molecule has 0 radical (unpaired) electrons. The molecule has 1 atom stereocenters. The summed E-state index contributed by atoms with van der Waals surface area (Å²) in [7, 11) is 0. The van der Waals surface area contributed by atoms with E-state index in [1.807, 2.05) is 54.1 Å². The van der Waals surface area contributed by atoms with E-state index in [0.717, 1.165) is 17.0 Å². The summed E-state index contributed by atoms with van der Waals surface area (Å²) in [5.41, 5.74) is 3.04. The van der Waals surface area contributed by atoms with Crippen LogP contribution in [0.25, 0.3) is 23.1 Å². The fourth-order valence-electron chi connectivity index (χ4n) is 3.24. The van der Waals surface area contributed by atoms with E-state index >= 15 is 0 Å². The van der Waals surface area contributed by atoms with Crippen LogP contribution in [0.3, 0.4) is 0 Å². The molecule has 9 heteroatoms. The van der Waals surface area contributed by atoms with Crippen LogP contribution in [-0.4, -0.2) is 36.7 Å². The van der Waals surface area contributed by atoms with E-state index in [4.69, 9.17) is 14.0 Å². The van der Waals surface area contributed by atoms with Gasteiger partial charge in [0.15, 0.2) is 5.69 Å². The molecule has 0 bridgehead atoms. The van der Waals surface area contributed by atoms with Gasteiger partial charge in [0.25, 0.3) is 5.89 Å². The largest absolute Gasteiger partial charge is 0.494 e. The highest BCUT2D eigenvalue weighted by Gasteiger charge is 2.28. The summed E-state index contributed by atoms with van der Waals surface area (Å²) in [5.74, 6) is 1.55. The first-order valence-corrected chi connectivity index (χ1v) is 9.34. The predicted molar refractivity (Wildman–Crippen MR) is 102 cm³/mol. The fraction of sp³-hybridized carbons (Fsp3) is 0.250.